The number of hydrogen-bond donors (Lipinski definition) is 0. The van der Waals surface area contributed by atoms with Crippen molar-refractivity contribution in [1.82, 2.24) is 9.80 Å². The van der Waals surface area contributed by atoms with E-state index < -0.39 is 0 Å². The first-order valence-corrected chi connectivity index (χ1v) is 9.82. The lowest BCUT2D eigenvalue weighted by atomic mass is 10.1. The minimum atomic E-state index is -0.0635. The third-order valence-corrected chi connectivity index (χ3v) is 5.45. The van der Waals surface area contributed by atoms with E-state index in [9.17, 15) is 9.59 Å². The number of carbonyl (C=O) groups excluding carboxylic acids is 2. The average Bonchev–Trinajstić information content (AvgIpc) is 3.00. The molecule has 6 nitrogen and oxygen atoms in total. The molecule has 0 unspecified atom stereocenters. The van der Waals surface area contributed by atoms with Crippen LogP contribution in [0.5, 0.6) is 11.5 Å². The van der Waals surface area contributed by atoms with Gasteiger partial charge in [-0.15, -0.1) is 0 Å². The Morgan fingerprint density at radius 2 is 1.28 bits per heavy atom. The summed E-state index contributed by atoms with van der Waals surface area (Å²) in [7, 11) is 3.11. The molecule has 1 fully saturated rings. The van der Waals surface area contributed by atoms with E-state index in [1.807, 2.05) is 36.9 Å². The Balaban J connectivity index is 1.70. The summed E-state index contributed by atoms with van der Waals surface area (Å²) >= 11 is 0. The molecule has 2 amide bonds. The fourth-order valence-electron chi connectivity index (χ4n) is 3.53. The molecular weight excluding hydrogens is 368 g/mol. The van der Waals surface area contributed by atoms with Crippen molar-refractivity contribution < 1.29 is 19.1 Å². The van der Waals surface area contributed by atoms with Crippen molar-refractivity contribution >= 4 is 11.8 Å². The van der Waals surface area contributed by atoms with Crippen LogP contribution in [0.3, 0.4) is 0 Å². The van der Waals surface area contributed by atoms with Gasteiger partial charge in [0, 0.05) is 37.3 Å². The van der Waals surface area contributed by atoms with Gasteiger partial charge in [0.05, 0.1) is 14.2 Å². The first kappa shape index (κ1) is 20.7. The van der Waals surface area contributed by atoms with E-state index >= 15 is 0 Å². The number of carbonyl (C=O) groups is 2. The van der Waals surface area contributed by atoms with E-state index in [0.29, 0.717) is 48.8 Å². The summed E-state index contributed by atoms with van der Waals surface area (Å²) in [5.74, 6) is 1.07. The summed E-state index contributed by atoms with van der Waals surface area (Å²) in [5.41, 5.74) is 3.53. The van der Waals surface area contributed by atoms with E-state index in [2.05, 4.69) is 0 Å². The lowest BCUT2D eigenvalue weighted by molar-refractivity contribution is 0.0718. The number of rotatable bonds is 4. The molecule has 1 aliphatic rings. The maximum absolute atomic E-state index is 13.0. The molecule has 0 spiro atoms. The minimum Gasteiger partial charge on any atom is -0.493 e. The van der Waals surface area contributed by atoms with E-state index in [0.717, 1.165) is 12.0 Å². The van der Waals surface area contributed by atoms with Crippen molar-refractivity contribution in [2.75, 3.05) is 40.4 Å². The topological polar surface area (TPSA) is 59.1 Å². The van der Waals surface area contributed by atoms with Crippen LogP contribution < -0.4 is 9.47 Å². The summed E-state index contributed by atoms with van der Waals surface area (Å²) in [6.45, 7) is 6.32. The second-order valence-corrected chi connectivity index (χ2v) is 7.31. The number of amides is 2. The third kappa shape index (κ3) is 4.53. The Morgan fingerprint density at radius 1 is 0.724 bits per heavy atom. The van der Waals surface area contributed by atoms with Crippen LogP contribution in [-0.2, 0) is 0 Å². The number of nitrogens with zero attached hydrogens (tertiary/aromatic N) is 2. The number of benzene rings is 2. The predicted octanol–water partition coefficient (Wildman–Crippen LogP) is 3.31. The second-order valence-electron chi connectivity index (χ2n) is 7.31. The summed E-state index contributed by atoms with van der Waals surface area (Å²) in [6, 6.07) is 11.0. The highest BCUT2D eigenvalue weighted by Gasteiger charge is 2.24. The molecule has 29 heavy (non-hydrogen) atoms. The van der Waals surface area contributed by atoms with Gasteiger partial charge in [0.15, 0.2) is 11.5 Å². The highest BCUT2D eigenvalue weighted by Crippen LogP contribution is 2.28. The number of aryl methyl sites for hydroxylation is 2. The molecule has 1 heterocycles. The molecule has 0 saturated carbocycles. The normalized spacial score (nSPS) is 14.3. The quantitative estimate of drug-likeness (QED) is 0.796. The summed E-state index contributed by atoms with van der Waals surface area (Å²) in [6.07, 6.45) is 0.746. The van der Waals surface area contributed by atoms with Crippen molar-refractivity contribution in [2.45, 2.75) is 20.3 Å². The Labute approximate surface area is 172 Å². The fraction of sp³-hybridized carbons (Fsp3) is 0.391. The highest BCUT2D eigenvalue weighted by atomic mass is 16.5. The molecule has 0 aromatic heterocycles. The minimum absolute atomic E-state index is 0.0218. The van der Waals surface area contributed by atoms with Gasteiger partial charge in [0.1, 0.15) is 0 Å². The van der Waals surface area contributed by atoms with Crippen molar-refractivity contribution in [3.63, 3.8) is 0 Å². The van der Waals surface area contributed by atoms with Crippen LogP contribution in [0.15, 0.2) is 36.4 Å². The monoisotopic (exact) mass is 396 g/mol. The van der Waals surface area contributed by atoms with Crippen LogP contribution in [0.2, 0.25) is 0 Å². The van der Waals surface area contributed by atoms with Gasteiger partial charge in [-0.05, 0) is 61.7 Å². The van der Waals surface area contributed by atoms with Gasteiger partial charge in [0.2, 0.25) is 0 Å². The van der Waals surface area contributed by atoms with Crippen molar-refractivity contribution in [3.05, 3.63) is 58.7 Å². The van der Waals surface area contributed by atoms with Crippen LogP contribution in [-0.4, -0.2) is 62.0 Å². The van der Waals surface area contributed by atoms with Crippen LogP contribution in [0, 0.1) is 13.8 Å². The van der Waals surface area contributed by atoms with Gasteiger partial charge in [0.25, 0.3) is 11.8 Å². The SMILES string of the molecule is COc1ccc(C(=O)N2CCCN(C(=O)c3ccc(C)c(C)c3)CC2)cc1OC. The van der Waals surface area contributed by atoms with Crippen LogP contribution >= 0.6 is 0 Å². The molecule has 3 rings (SSSR count). The van der Waals surface area contributed by atoms with Crippen molar-refractivity contribution in [3.8, 4) is 11.5 Å². The largest absolute Gasteiger partial charge is 0.493 e. The summed E-state index contributed by atoms with van der Waals surface area (Å²) in [5, 5.41) is 0. The summed E-state index contributed by atoms with van der Waals surface area (Å²) in [4.78, 5) is 29.5. The molecule has 0 bridgehead atoms. The Kier molecular flexibility index (Phi) is 6.42. The first-order chi connectivity index (χ1) is 13.9. The molecule has 6 heteroatoms. The number of methoxy groups -OCH3 is 2. The molecule has 0 radical (unpaired) electrons. The van der Waals surface area contributed by atoms with Gasteiger partial charge < -0.3 is 19.3 Å². The lowest BCUT2D eigenvalue weighted by Gasteiger charge is -2.23. The predicted molar refractivity (Wildman–Crippen MR) is 112 cm³/mol. The highest BCUT2D eigenvalue weighted by molar-refractivity contribution is 5.96. The number of hydrogen-bond acceptors (Lipinski definition) is 4. The zero-order valence-corrected chi connectivity index (χ0v) is 17.5. The van der Waals surface area contributed by atoms with E-state index in [1.54, 1.807) is 37.3 Å². The van der Waals surface area contributed by atoms with Gasteiger partial charge >= 0.3 is 0 Å². The van der Waals surface area contributed by atoms with Crippen molar-refractivity contribution in [1.29, 1.82) is 0 Å². The van der Waals surface area contributed by atoms with Gasteiger partial charge in [-0.25, -0.2) is 0 Å². The zero-order chi connectivity index (χ0) is 21.0. The van der Waals surface area contributed by atoms with E-state index in [-0.39, 0.29) is 11.8 Å². The van der Waals surface area contributed by atoms with Crippen molar-refractivity contribution in [2.24, 2.45) is 0 Å². The van der Waals surface area contributed by atoms with Crippen LogP contribution in [0.1, 0.15) is 38.3 Å². The average molecular weight is 396 g/mol. The molecule has 1 aliphatic heterocycles. The Bertz CT molecular complexity index is 910. The maximum Gasteiger partial charge on any atom is 0.254 e. The molecule has 2 aromatic carbocycles. The molecule has 0 atom stereocenters. The number of ether oxygens (including phenoxy) is 2. The smallest absolute Gasteiger partial charge is 0.254 e. The van der Waals surface area contributed by atoms with E-state index in [1.165, 1.54) is 5.56 Å². The maximum atomic E-state index is 13.0. The standard InChI is InChI=1S/C23H28N2O4/c1-16-6-7-18(14-17(16)2)22(26)24-10-5-11-25(13-12-24)23(27)19-8-9-20(28-3)21(15-19)29-4/h6-9,14-15H,5,10-13H2,1-4H3. The first-order valence-electron chi connectivity index (χ1n) is 9.82. The molecule has 2 aromatic rings. The molecular formula is C23H28N2O4. The fourth-order valence-corrected chi connectivity index (χ4v) is 3.53. The summed E-state index contributed by atoms with van der Waals surface area (Å²) < 4.78 is 10.5. The van der Waals surface area contributed by atoms with Gasteiger partial charge in [-0.2, -0.15) is 0 Å². The zero-order valence-electron chi connectivity index (χ0n) is 17.5. The molecule has 1 saturated heterocycles. The third-order valence-electron chi connectivity index (χ3n) is 5.45. The molecule has 0 aliphatic carbocycles. The van der Waals surface area contributed by atoms with Crippen LogP contribution in [0.25, 0.3) is 0 Å². The van der Waals surface area contributed by atoms with Gasteiger partial charge in [-0.3, -0.25) is 9.59 Å². The second kappa shape index (κ2) is 8.99. The van der Waals surface area contributed by atoms with Crippen LogP contribution in [0.4, 0.5) is 0 Å². The Hall–Kier alpha value is -3.02. The lowest BCUT2D eigenvalue weighted by Crippen LogP contribution is -2.37. The molecule has 154 valence electrons. The van der Waals surface area contributed by atoms with E-state index in [4.69, 9.17) is 9.47 Å². The Morgan fingerprint density at radius 3 is 1.83 bits per heavy atom. The molecule has 0 N–H and O–H groups in total. The van der Waals surface area contributed by atoms with Gasteiger partial charge in [-0.1, -0.05) is 6.07 Å².